The molecule has 0 N–H and O–H groups in total. The van der Waals surface area contributed by atoms with Crippen molar-refractivity contribution in [1.29, 1.82) is 0 Å². The van der Waals surface area contributed by atoms with E-state index in [1.807, 2.05) is 12.2 Å². The summed E-state index contributed by atoms with van der Waals surface area (Å²) in [5, 5.41) is 0. The summed E-state index contributed by atoms with van der Waals surface area (Å²) >= 11 is 0. The van der Waals surface area contributed by atoms with Crippen molar-refractivity contribution in [2.75, 3.05) is 7.11 Å². The van der Waals surface area contributed by atoms with Gasteiger partial charge in [0.05, 0.1) is 7.11 Å². The van der Waals surface area contributed by atoms with E-state index in [9.17, 15) is 14.4 Å². The number of amides is 2. The number of carbonyl (C=O) groups excluding carboxylic acids is 3. The topological polar surface area (TPSA) is 82.1 Å². The number of nitrogens with zero attached hydrogens (tertiary/aromatic N) is 1. The van der Waals surface area contributed by atoms with Gasteiger partial charge in [0.1, 0.15) is 17.2 Å². The standard InChI is InChI=1S/C31H51NO6/c1-9-10-11-12-13-14-15-16-17-18-19-20-21-22-23-24-25-26(27(33)36-8)32(28(34)37-30(2,3)4)29(35)38-31(5,6)7/h13-14,16-17,19-20,22-23,26H,9-12,15,18,21,24-25H2,1-8H3/b14-13-,17-16-,20-19-,23-22-/t26-/m0/s1. The lowest BCUT2D eigenvalue weighted by molar-refractivity contribution is -0.146. The molecule has 0 saturated carbocycles. The first kappa shape index (κ1) is 35.2. The molecule has 0 aliphatic heterocycles. The lowest BCUT2D eigenvalue weighted by Crippen LogP contribution is -2.52. The van der Waals surface area contributed by atoms with E-state index in [0.717, 1.165) is 30.6 Å². The van der Waals surface area contributed by atoms with Gasteiger partial charge in [-0.25, -0.2) is 14.4 Å². The molecule has 0 fully saturated rings. The Kier molecular flexibility index (Phi) is 17.8. The average Bonchev–Trinajstić information content (AvgIpc) is 2.80. The molecule has 0 radical (unpaired) electrons. The van der Waals surface area contributed by atoms with E-state index < -0.39 is 35.4 Å². The molecule has 0 aromatic heterocycles. The van der Waals surface area contributed by atoms with Crippen LogP contribution in [0.1, 0.15) is 106 Å². The summed E-state index contributed by atoms with van der Waals surface area (Å²) in [6.07, 6.45) is 23.2. The Labute approximate surface area is 231 Å². The molecule has 7 heteroatoms. The fraction of sp³-hybridized carbons (Fsp3) is 0.645. The van der Waals surface area contributed by atoms with Gasteiger partial charge in [0, 0.05) is 0 Å². The average molecular weight is 534 g/mol. The Morgan fingerprint density at radius 2 is 1.11 bits per heavy atom. The molecule has 0 spiro atoms. The van der Waals surface area contributed by atoms with Crippen molar-refractivity contribution in [2.45, 2.75) is 123 Å². The van der Waals surface area contributed by atoms with E-state index in [-0.39, 0.29) is 6.42 Å². The van der Waals surface area contributed by atoms with Gasteiger partial charge >= 0.3 is 18.2 Å². The van der Waals surface area contributed by atoms with Crippen LogP contribution in [0.4, 0.5) is 9.59 Å². The Bertz CT molecular complexity index is 783. The number of ether oxygens (including phenoxy) is 3. The Balaban J connectivity index is 4.90. The number of methoxy groups -OCH3 is 1. The van der Waals surface area contributed by atoms with Crippen molar-refractivity contribution < 1.29 is 28.6 Å². The number of unbranched alkanes of at least 4 members (excludes halogenated alkanes) is 3. The van der Waals surface area contributed by atoms with Crippen LogP contribution in [0, 0.1) is 0 Å². The fourth-order valence-electron chi connectivity index (χ4n) is 3.25. The third-order valence-electron chi connectivity index (χ3n) is 5.03. The van der Waals surface area contributed by atoms with Crippen LogP contribution in [0.5, 0.6) is 0 Å². The lowest BCUT2D eigenvalue weighted by atomic mass is 10.1. The summed E-state index contributed by atoms with van der Waals surface area (Å²) in [5.74, 6) is -0.711. The van der Waals surface area contributed by atoms with E-state index in [0.29, 0.717) is 6.42 Å². The van der Waals surface area contributed by atoms with Crippen LogP contribution in [0.25, 0.3) is 0 Å². The molecule has 0 aromatic carbocycles. The Morgan fingerprint density at radius 1 is 0.684 bits per heavy atom. The van der Waals surface area contributed by atoms with Gasteiger partial charge in [-0.3, -0.25) is 0 Å². The Morgan fingerprint density at radius 3 is 1.50 bits per heavy atom. The van der Waals surface area contributed by atoms with Gasteiger partial charge in [0.2, 0.25) is 0 Å². The van der Waals surface area contributed by atoms with Crippen molar-refractivity contribution in [3.8, 4) is 0 Å². The molecule has 0 aliphatic carbocycles. The maximum absolute atomic E-state index is 12.9. The highest BCUT2D eigenvalue weighted by molar-refractivity contribution is 5.94. The maximum atomic E-state index is 12.9. The van der Waals surface area contributed by atoms with Crippen LogP contribution in [-0.2, 0) is 19.0 Å². The monoisotopic (exact) mass is 533 g/mol. The number of hydrogen-bond acceptors (Lipinski definition) is 6. The minimum atomic E-state index is -1.17. The normalized spacial score (nSPS) is 13.5. The molecular weight excluding hydrogens is 482 g/mol. The van der Waals surface area contributed by atoms with Crippen molar-refractivity contribution in [2.24, 2.45) is 0 Å². The quantitative estimate of drug-likeness (QED) is 0.0909. The highest BCUT2D eigenvalue weighted by Crippen LogP contribution is 2.20. The third-order valence-corrected chi connectivity index (χ3v) is 5.03. The van der Waals surface area contributed by atoms with Crippen LogP contribution >= 0.6 is 0 Å². The van der Waals surface area contributed by atoms with Gasteiger partial charge in [-0.15, -0.1) is 0 Å². The molecule has 0 bridgehead atoms. The second-order valence-corrected chi connectivity index (χ2v) is 11.0. The molecule has 1 atom stereocenters. The number of carbonyl (C=O) groups is 3. The molecule has 7 nitrogen and oxygen atoms in total. The molecule has 0 aromatic rings. The molecule has 216 valence electrons. The summed E-state index contributed by atoms with van der Waals surface area (Å²) in [5.41, 5.74) is -1.71. The number of hydrogen-bond donors (Lipinski definition) is 0. The van der Waals surface area contributed by atoms with Crippen LogP contribution in [0.3, 0.4) is 0 Å². The predicted molar refractivity (Wildman–Crippen MR) is 154 cm³/mol. The number of rotatable bonds is 15. The van der Waals surface area contributed by atoms with Crippen molar-refractivity contribution in [3.05, 3.63) is 48.6 Å². The SMILES string of the molecule is CCCCC/C=C\C/C=C\C/C=C\C/C=C\CC[C@@H](C(=O)OC)N(C(=O)OC(C)(C)C)C(=O)OC(C)(C)C. The molecule has 38 heavy (non-hydrogen) atoms. The summed E-state index contributed by atoms with van der Waals surface area (Å²) in [6.45, 7) is 12.3. The van der Waals surface area contributed by atoms with E-state index in [1.54, 1.807) is 41.5 Å². The number of allylic oxidation sites excluding steroid dienone is 8. The zero-order valence-corrected chi connectivity index (χ0v) is 25.0. The van der Waals surface area contributed by atoms with Gasteiger partial charge in [0.25, 0.3) is 0 Å². The van der Waals surface area contributed by atoms with Crippen LogP contribution in [0.2, 0.25) is 0 Å². The number of imide groups is 1. The first-order valence-corrected chi connectivity index (χ1v) is 13.8. The highest BCUT2D eigenvalue weighted by Gasteiger charge is 2.40. The molecule has 0 unspecified atom stereocenters. The summed E-state index contributed by atoms with van der Waals surface area (Å²) in [7, 11) is 1.22. The van der Waals surface area contributed by atoms with Gasteiger partial charge in [-0.1, -0.05) is 68.4 Å². The van der Waals surface area contributed by atoms with Crippen LogP contribution < -0.4 is 0 Å². The van der Waals surface area contributed by atoms with E-state index in [1.165, 1.54) is 26.4 Å². The largest absolute Gasteiger partial charge is 0.467 e. The highest BCUT2D eigenvalue weighted by atomic mass is 16.6. The van der Waals surface area contributed by atoms with Gasteiger partial charge in [-0.2, -0.15) is 4.90 Å². The van der Waals surface area contributed by atoms with Crippen molar-refractivity contribution in [3.63, 3.8) is 0 Å². The van der Waals surface area contributed by atoms with E-state index in [4.69, 9.17) is 14.2 Å². The predicted octanol–water partition coefficient (Wildman–Crippen LogP) is 8.46. The summed E-state index contributed by atoms with van der Waals surface area (Å²) in [4.78, 5) is 39.0. The van der Waals surface area contributed by atoms with Gasteiger partial charge < -0.3 is 14.2 Å². The Hall–Kier alpha value is -2.83. The first-order chi connectivity index (χ1) is 17.8. The van der Waals surface area contributed by atoms with Crippen LogP contribution in [-0.4, -0.2) is 47.4 Å². The second kappa shape index (κ2) is 19.3. The first-order valence-electron chi connectivity index (χ1n) is 13.8. The summed E-state index contributed by atoms with van der Waals surface area (Å²) < 4.78 is 15.7. The van der Waals surface area contributed by atoms with Crippen LogP contribution in [0.15, 0.2) is 48.6 Å². The van der Waals surface area contributed by atoms with E-state index in [2.05, 4.69) is 43.4 Å². The molecule has 2 amide bonds. The lowest BCUT2D eigenvalue weighted by Gasteiger charge is -2.32. The smallest absolute Gasteiger partial charge is 0.420 e. The minimum absolute atomic E-state index is 0.181. The number of esters is 1. The molecule has 0 saturated heterocycles. The zero-order chi connectivity index (χ0) is 29.0. The second-order valence-electron chi connectivity index (χ2n) is 11.0. The van der Waals surface area contributed by atoms with Gasteiger partial charge in [-0.05, 0) is 86.5 Å². The summed E-state index contributed by atoms with van der Waals surface area (Å²) in [6, 6.07) is -1.17. The molecule has 0 rings (SSSR count). The van der Waals surface area contributed by atoms with Crippen molar-refractivity contribution in [1.82, 2.24) is 4.90 Å². The third kappa shape index (κ3) is 18.4. The molecule has 0 heterocycles. The van der Waals surface area contributed by atoms with E-state index >= 15 is 0 Å². The molecular formula is C31H51NO6. The molecule has 0 aliphatic rings. The van der Waals surface area contributed by atoms with Crippen molar-refractivity contribution >= 4 is 18.2 Å². The zero-order valence-electron chi connectivity index (χ0n) is 25.0. The fourth-order valence-corrected chi connectivity index (χ4v) is 3.25. The van der Waals surface area contributed by atoms with Gasteiger partial charge in [0.15, 0.2) is 0 Å². The maximum Gasteiger partial charge on any atom is 0.420 e. The minimum Gasteiger partial charge on any atom is -0.467 e.